The second-order valence-corrected chi connectivity index (χ2v) is 3.99. The Labute approximate surface area is 98.2 Å². The number of ketones is 1. The van der Waals surface area contributed by atoms with Gasteiger partial charge in [0, 0.05) is 18.1 Å². The van der Waals surface area contributed by atoms with Crippen molar-refractivity contribution in [3.63, 3.8) is 0 Å². The van der Waals surface area contributed by atoms with Crippen LogP contribution in [-0.2, 0) is 4.79 Å². The number of nitrogens with one attached hydrogen (secondary N) is 1. The van der Waals surface area contributed by atoms with Gasteiger partial charge in [0.05, 0.1) is 11.3 Å². The van der Waals surface area contributed by atoms with Gasteiger partial charge >= 0.3 is 0 Å². The molecule has 0 atom stereocenters. The molecule has 0 aromatic heterocycles. The second kappa shape index (κ2) is 4.23. The molecular weight excluding hydrogens is 228 g/mol. The van der Waals surface area contributed by atoms with Crippen LogP contribution in [0.3, 0.4) is 0 Å². The van der Waals surface area contributed by atoms with Crippen LogP contribution in [0.4, 0.5) is 5.69 Å². The molecule has 4 nitrogen and oxygen atoms in total. The zero-order valence-corrected chi connectivity index (χ0v) is 9.54. The third-order valence-electron chi connectivity index (χ3n) is 2.52. The van der Waals surface area contributed by atoms with E-state index in [9.17, 15) is 9.59 Å². The van der Waals surface area contributed by atoms with Gasteiger partial charge in [-0.15, -0.1) is 0 Å². The summed E-state index contributed by atoms with van der Waals surface area (Å²) in [7, 11) is 1.79. The fraction of sp³-hybridized carbons (Fsp3) is 0.273. The van der Waals surface area contributed by atoms with Crippen LogP contribution in [0.15, 0.2) is 18.2 Å². The minimum Gasteiger partial charge on any atom is -0.318 e. The summed E-state index contributed by atoms with van der Waals surface area (Å²) in [5, 5.41) is 3.46. The Hall–Kier alpha value is -1.39. The van der Waals surface area contributed by atoms with E-state index in [1.807, 2.05) is 0 Å². The van der Waals surface area contributed by atoms with E-state index >= 15 is 0 Å². The van der Waals surface area contributed by atoms with Crippen LogP contribution in [0.2, 0.25) is 5.02 Å². The van der Waals surface area contributed by atoms with Crippen LogP contribution >= 0.6 is 11.6 Å². The fourth-order valence-electron chi connectivity index (χ4n) is 1.71. The van der Waals surface area contributed by atoms with Gasteiger partial charge in [0.1, 0.15) is 0 Å². The van der Waals surface area contributed by atoms with E-state index < -0.39 is 11.7 Å². The van der Waals surface area contributed by atoms with Gasteiger partial charge < -0.3 is 10.2 Å². The summed E-state index contributed by atoms with van der Waals surface area (Å²) >= 11 is 5.85. The number of anilines is 1. The van der Waals surface area contributed by atoms with Gasteiger partial charge in [0.25, 0.3) is 11.7 Å². The molecule has 0 spiro atoms. The molecule has 1 aromatic carbocycles. The number of hydrogen-bond acceptors (Lipinski definition) is 3. The number of carbonyl (C=O) groups is 2. The Bertz CT molecular complexity index is 459. The number of halogens is 1. The topological polar surface area (TPSA) is 49.4 Å². The number of Topliss-reactive ketones (excluding diaryl/α,β-unsaturated/α-hetero) is 1. The lowest BCUT2D eigenvalue weighted by Gasteiger charge is -2.15. The molecule has 0 aliphatic carbocycles. The first-order valence-corrected chi connectivity index (χ1v) is 5.33. The maximum Gasteiger partial charge on any atom is 0.299 e. The number of amides is 1. The summed E-state index contributed by atoms with van der Waals surface area (Å²) < 4.78 is 0. The van der Waals surface area contributed by atoms with Crippen LogP contribution < -0.4 is 10.2 Å². The normalized spacial score (nSPS) is 14.5. The third kappa shape index (κ3) is 1.70. The van der Waals surface area contributed by atoms with Gasteiger partial charge in [-0.25, -0.2) is 0 Å². The van der Waals surface area contributed by atoms with Crippen molar-refractivity contribution >= 4 is 29.0 Å². The van der Waals surface area contributed by atoms with Gasteiger partial charge in [-0.3, -0.25) is 9.59 Å². The van der Waals surface area contributed by atoms with Gasteiger partial charge in [-0.2, -0.15) is 0 Å². The molecule has 1 aliphatic rings. The molecule has 0 fully saturated rings. The maximum absolute atomic E-state index is 11.7. The Morgan fingerprint density at radius 3 is 2.81 bits per heavy atom. The van der Waals surface area contributed by atoms with Crippen molar-refractivity contribution in [2.24, 2.45) is 0 Å². The molecular formula is C11H11ClN2O2. The van der Waals surface area contributed by atoms with E-state index in [4.69, 9.17) is 11.6 Å². The predicted molar refractivity (Wildman–Crippen MR) is 62.1 cm³/mol. The summed E-state index contributed by atoms with van der Waals surface area (Å²) in [4.78, 5) is 24.8. The molecule has 0 saturated carbocycles. The van der Waals surface area contributed by atoms with E-state index in [1.54, 1.807) is 25.2 Å². The third-order valence-corrected chi connectivity index (χ3v) is 2.76. The zero-order valence-electron chi connectivity index (χ0n) is 8.79. The Morgan fingerprint density at radius 1 is 1.38 bits per heavy atom. The SMILES string of the molecule is CNCCN1C(=O)C(=O)c2ccc(Cl)cc21. The average Bonchev–Trinajstić information content (AvgIpc) is 2.50. The van der Waals surface area contributed by atoms with Crippen molar-refractivity contribution in [1.82, 2.24) is 5.32 Å². The highest BCUT2D eigenvalue weighted by molar-refractivity contribution is 6.52. The molecule has 1 heterocycles. The van der Waals surface area contributed by atoms with Crippen molar-refractivity contribution in [2.45, 2.75) is 0 Å². The van der Waals surface area contributed by atoms with Crippen LogP contribution in [0.1, 0.15) is 10.4 Å². The highest BCUT2D eigenvalue weighted by Crippen LogP contribution is 2.31. The van der Waals surface area contributed by atoms with Crippen LogP contribution in [0, 0.1) is 0 Å². The monoisotopic (exact) mass is 238 g/mol. The van der Waals surface area contributed by atoms with Gasteiger partial charge in [-0.1, -0.05) is 11.6 Å². The summed E-state index contributed by atoms with van der Waals surface area (Å²) in [6, 6.07) is 4.86. The molecule has 0 unspecified atom stereocenters. The minimum atomic E-state index is -0.479. The number of fused-ring (bicyclic) bond motifs is 1. The van der Waals surface area contributed by atoms with Crippen LogP contribution in [0.25, 0.3) is 0 Å². The van der Waals surface area contributed by atoms with Crippen LogP contribution in [-0.4, -0.2) is 31.8 Å². The zero-order chi connectivity index (χ0) is 11.7. The van der Waals surface area contributed by atoms with Crippen molar-refractivity contribution in [2.75, 3.05) is 25.0 Å². The number of likely N-dealkylation sites (N-methyl/N-ethyl adjacent to an activating group) is 1. The van der Waals surface area contributed by atoms with Gasteiger partial charge in [0.2, 0.25) is 0 Å². The molecule has 1 amide bonds. The molecule has 84 valence electrons. The molecule has 16 heavy (non-hydrogen) atoms. The lowest BCUT2D eigenvalue weighted by atomic mass is 10.1. The first kappa shape index (κ1) is 11.1. The molecule has 2 rings (SSSR count). The predicted octanol–water partition coefficient (Wildman–Crippen LogP) is 1.09. The second-order valence-electron chi connectivity index (χ2n) is 3.55. The van der Waals surface area contributed by atoms with E-state index in [1.165, 1.54) is 4.90 Å². The molecule has 1 aromatic rings. The number of nitrogens with zero attached hydrogens (tertiary/aromatic N) is 1. The number of carbonyl (C=O) groups excluding carboxylic acids is 2. The molecule has 5 heteroatoms. The Morgan fingerprint density at radius 2 is 2.12 bits per heavy atom. The molecule has 0 saturated heterocycles. The lowest BCUT2D eigenvalue weighted by Crippen LogP contribution is -2.35. The summed E-state index contributed by atoms with van der Waals surface area (Å²) in [5.74, 6) is -0.935. The number of rotatable bonds is 3. The highest BCUT2D eigenvalue weighted by atomic mass is 35.5. The van der Waals surface area contributed by atoms with Gasteiger partial charge in [-0.05, 0) is 25.2 Å². The van der Waals surface area contributed by atoms with Crippen molar-refractivity contribution in [1.29, 1.82) is 0 Å². The first-order chi connectivity index (χ1) is 7.65. The van der Waals surface area contributed by atoms with E-state index in [-0.39, 0.29) is 0 Å². The molecule has 0 radical (unpaired) electrons. The lowest BCUT2D eigenvalue weighted by molar-refractivity contribution is -0.114. The largest absolute Gasteiger partial charge is 0.318 e. The van der Waals surface area contributed by atoms with Gasteiger partial charge in [0.15, 0.2) is 0 Å². The van der Waals surface area contributed by atoms with Crippen molar-refractivity contribution in [3.05, 3.63) is 28.8 Å². The molecule has 1 N–H and O–H groups in total. The number of hydrogen-bond donors (Lipinski definition) is 1. The van der Waals surface area contributed by atoms with E-state index in [0.29, 0.717) is 29.4 Å². The minimum absolute atomic E-state index is 0.436. The fourth-order valence-corrected chi connectivity index (χ4v) is 1.88. The quantitative estimate of drug-likeness (QED) is 0.802. The first-order valence-electron chi connectivity index (χ1n) is 4.95. The summed E-state index contributed by atoms with van der Waals surface area (Å²) in [6.45, 7) is 1.10. The summed E-state index contributed by atoms with van der Waals surface area (Å²) in [6.07, 6.45) is 0. The summed E-state index contributed by atoms with van der Waals surface area (Å²) in [5.41, 5.74) is 1.04. The van der Waals surface area contributed by atoms with Crippen molar-refractivity contribution in [3.8, 4) is 0 Å². The smallest absolute Gasteiger partial charge is 0.299 e. The molecule has 1 aliphatic heterocycles. The molecule has 0 bridgehead atoms. The maximum atomic E-state index is 11.7. The van der Waals surface area contributed by atoms with E-state index in [2.05, 4.69) is 5.32 Å². The average molecular weight is 239 g/mol. The van der Waals surface area contributed by atoms with Crippen LogP contribution in [0.5, 0.6) is 0 Å². The number of benzene rings is 1. The van der Waals surface area contributed by atoms with Crippen molar-refractivity contribution < 1.29 is 9.59 Å². The Balaban J connectivity index is 2.39. The Kier molecular flexibility index (Phi) is 2.94. The highest BCUT2D eigenvalue weighted by Gasteiger charge is 2.35. The van der Waals surface area contributed by atoms with E-state index in [0.717, 1.165) is 0 Å². The standard InChI is InChI=1S/C11H11ClN2O2/c1-13-4-5-14-9-6-7(12)2-3-8(9)10(15)11(14)16/h2-3,6,13H,4-5H2,1H3.